The van der Waals surface area contributed by atoms with Gasteiger partial charge in [0, 0.05) is 0 Å². The van der Waals surface area contributed by atoms with Crippen LogP contribution >= 0.6 is 0 Å². The third-order valence-corrected chi connectivity index (χ3v) is 2.03. The highest BCUT2D eigenvalue weighted by Crippen LogP contribution is 2.22. The van der Waals surface area contributed by atoms with E-state index in [4.69, 9.17) is 2.74 Å². The molecule has 10 heavy (non-hydrogen) atoms. The summed E-state index contributed by atoms with van der Waals surface area (Å²) >= 11 is 0. The largest absolute Gasteiger partial charge is 0.0629 e. The van der Waals surface area contributed by atoms with Crippen molar-refractivity contribution in [3.8, 4) is 0 Å². The van der Waals surface area contributed by atoms with Crippen LogP contribution in [0.1, 0.15) is 25.9 Å². The summed E-state index contributed by atoms with van der Waals surface area (Å²) in [5, 5.41) is 0. The third-order valence-electron chi connectivity index (χ3n) is 2.03. The van der Waals surface area contributed by atoms with Gasteiger partial charge in [-0.1, -0.05) is 23.7 Å². The molecule has 0 heteroatoms. The molecule has 0 radical (unpaired) electrons. The van der Waals surface area contributed by atoms with Gasteiger partial charge in [0.2, 0.25) is 0 Å². The Hall–Kier alpha value is -0.780. The molecular formula is C10H12. The van der Waals surface area contributed by atoms with Crippen LogP contribution < -0.4 is 0 Å². The Morgan fingerprint density at radius 1 is 1.40 bits per heavy atom. The van der Waals surface area contributed by atoms with Crippen molar-refractivity contribution in [1.29, 1.82) is 0 Å². The topological polar surface area (TPSA) is 0 Å². The standard InChI is InChI=1S/C10H12/c1-8-5-6-9-3-2-4-10(9)7-8/h5-7H,2-4H2,1H3/i6D,7D. The average molecular weight is 134 g/mol. The lowest BCUT2D eigenvalue weighted by Crippen LogP contribution is -1.81. The summed E-state index contributed by atoms with van der Waals surface area (Å²) in [7, 11) is 0. The predicted molar refractivity (Wildman–Crippen MR) is 43.2 cm³/mol. The SMILES string of the molecule is [2H]c1cc(C)c([2H])c2c1CCC2. The number of hydrogen-bond acceptors (Lipinski definition) is 0. The number of rotatable bonds is 0. The molecule has 1 aromatic carbocycles. The Kier molecular flexibility index (Phi) is 0.884. The summed E-state index contributed by atoms with van der Waals surface area (Å²) < 4.78 is 15.5. The van der Waals surface area contributed by atoms with Gasteiger partial charge in [-0.3, -0.25) is 0 Å². The van der Waals surface area contributed by atoms with E-state index in [0.717, 1.165) is 36.0 Å². The van der Waals surface area contributed by atoms with Gasteiger partial charge in [0.15, 0.2) is 0 Å². The number of aryl methyl sites for hydroxylation is 1. The molecule has 0 heterocycles. The van der Waals surface area contributed by atoms with Crippen LogP contribution in [0.3, 0.4) is 0 Å². The van der Waals surface area contributed by atoms with Gasteiger partial charge in [-0.25, -0.2) is 0 Å². The first kappa shape index (κ1) is 4.17. The smallest absolute Gasteiger partial charge is 0.0590 e. The molecule has 0 unspecified atom stereocenters. The number of benzene rings is 1. The zero-order valence-corrected chi connectivity index (χ0v) is 6.20. The first-order chi connectivity index (χ1) is 5.70. The van der Waals surface area contributed by atoms with E-state index in [-0.39, 0.29) is 0 Å². The zero-order chi connectivity index (χ0) is 8.72. The predicted octanol–water partition coefficient (Wildman–Crippen LogP) is 2.48. The van der Waals surface area contributed by atoms with Gasteiger partial charge in [0.25, 0.3) is 0 Å². The monoisotopic (exact) mass is 134 g/mol. The van der Waals surface area contributed by atoms with Gasteiger partial charge in [-0.15, -0.1) is 0 Å². The normalized spacial score (nSPS) is 18.1. The molecule has 0 nitrogen and oxygen atoms in total. The minimum Gasteiger partial charge on any atom is -0.0590 e. The second-order valence-corrected chi connectivity index (χ2v) is 2.91. The molecule has 0 saturated carbocycles. The second-order valence-electron chi connectivity index (χ2n) is 2.91. The van der Waals surface area contributed by atoms with Crippen molar-refractivity contribution >= 4 is 0 Å². The van der Waals surface area contributed by atoms with Gasteiger partial charge < -0.3 is 0 Å². The van der Waals surface area contributed by atoms with Crippen LogP contribution in [0.15, 0.2) is 18.2 Å². The summed E-state index contributed by atoms with van der Waals surface area (Å²) in [4.78, 5) is 0. The summed E-state index contributed by atoms with van der Waals surface area (Å²) in [5.41, 5.74) is 3.19. The fourth-order valence-electron chi connectivity index (χ4n) is 1.51. The summed E-state index contributed by atoms with van der Waals surface area (Å²) in [6.07, 6.45) is 3.12. The van der Waals surface area contributed by atoms with Crippen molar-refractivity contribution in [1.82, 2.24) is 0 Å². The van der Waals surface area contributed by atoms with Gasteiger partial charge in [0.1, 0.15) is 0 Å². The van der Waals surface area contributed by atoms with Gasteiger partial charge >= 0.3 is 0 Å². The molecule has 52 valence electrons. The van der Waals surface area contributed by atoms with E-state index in [1.54, 1.807) is 0 Å². The highest BCUT2D eigenvalue weighted by atomic mass is 14.1. The minimum atomic E-state index is 0.635. The maximum absolute atomic E-state index is 7.79. The zero-order valence-electron chi connectivity index (χ0n) is 8.20. The van der Waals surface area contributed by atoms with E-state index in [2.05, 4.69) is 0 Å². The van der Waals surface area contributed by atoms with Crippen molar-refractivity contribution in [2.24, 2.45) is 0 Å². The van der Waals surface area contributed by atoms with Crippen LogP contribution in [-0.2, 0) is 12.8 Å². The van der Waals surface area contributed by atoms with Crippen molar-refractivity contribution in [3.63, 3.8) is 0 Å². The van der Waals surface area contributed by atoms with Crippen LogP contribution in [0.4, 0.5) is 0 Å². The molecule has 0 saturated heterocycles. The molecular weight excluding hydrogens is 120 g/mol. The fourth-order valence-corrected chi connectivity index (χ4v) is 1.51. The number of fused-ring (bicyclic) bond motifs is 1. The molecule has 0 spiro atoms. The quantitative estimate of drug-likeness (QED) is 0.511. The van der Waals surface area contributed by atoms with Crippen LogP contribution in [0, 0.1) is 6.92 Å². The Morgan fingerprint density at radius 2 is 2.20 bits per heavy atom. The lowest BCUT2D eigenvalue weighted by Gasteiger charge is -1.98. The Balaban J connectivity index is 2.69. The molecule has 0 aliphatic heterocycles. The Bertz CT molecular complexity index is 329. The van der Waals surface area contributed by atoms with Gasteiger partial charge in [0.05, 0.1) is 2.74 Å². The van der Waals surface area contributed by atoms with E-state index in [9.17, 15) is 0 Å². The summed E-state index contributed by atoms with van der Waals surface area (Å²) in [6, 6.07) is 3.11. The lowest BCUT2D eigenvalue weighted by atomic mass is 10.1. The molecule has 2 rings (SSSR count). The van der Waals surface area contributed by atoms with E-state index in [1.807, 2.05) is 13.0 Å². The molecule has 0 aromatic heterocycles. The fraction of sp³-hybridized carbons (Fsp3) is 0.400. The minimum absolute atomic E-state index is 0.635. The Morgan fingerprint density at radius 3 is 3.10 bits per heavy atom. The van der Waals surface area contributed by atoms with E-state index < -0.39 is 0 Å². The third kappa shape index (κ3) is 0.841. The van der Waals surface area contributed by atoms with Crippen molar-refractivity contribution < 1.29 is 2.74 Å². The highest BCUT2D eigenvalue weighted by molar-refractivity contribution is 5.34. The molecule has 0 fully saturated rings. The molecule has 0 atom stereocenters. The maximum Gasteiger partial charge on any atom is 0.0629 e. The molecule has 0 bridgehead atoms. The molecule has 1 aromatic rings. The second kappa shape index (κ2) is 2.12. The first-order valence-corrected chi connectivity index (χ1v) is 3.78. The summed E-state index contributed by atoms with van der Waals surface area (Å²) in [5.74, 6) is 0. The van der Waals surface area contributed by atoms with E-state index >= 15 is 0 Å². The van der Waals surface area contributed by atoms with E-state index in [1.165, 1.54) is 0 Å². The van der Waals surface area contributed by atoms with Crippen molar-refractivity contribution in [2.45, 2.75) is 26.2 Å². The van der Waals surface area contributed by atoms with Gasteiger partial charge in [-0.05, 0) is 37.3 Å². The van der Waals surface area contributed by atoms with Gasteiger partial charge in [-0.2, -0.15) is 0 Å². The van der Waals surface area contributed by atoms with Crippen LogP contribution in [-0.4, -0.2) is 0 Å². The maximum atomic E-state index is 7.79. The van der Waals surface area contributed by atoms with Crippen molar-refractivity contribution in [3.05, 3.63) is 34.8 Å². The molecule has 0 amide bonds. The van der Waals surface area contributed by atoms with Crippen molar-refractivity contribution in [2.75, 3.05) is 0 Å². The average Bonchev–Trinajstić information content (AvgIpc) is 2.48. The Labute approximate surface area is 64.7 Å². The van der Waals surface area contributed by atoms with E-state index in [0.29, 0.717) is 12.1 Å². The molecule has 1 aliphatic carbocycles. The van der Waals surface area contributed by atoms with Crippen LogP contribution in [0.2, 0.25) is 0 Å². The lowest BCUT2D eigenvalue weighted by molar-refractivity contribution is 0.911. The van der Waals surface area contributed by atoms with Crippen LogP contribution in [0.25, 0.3) is 0 Å². The molecule has 0 N–H and O–H groups in total. The van der Waals surface area contributed by atoms with Crippen LogP contribution in [0.5, 0.6) is 0 Å². The summed E-state index contributed by atoms with van der Waals surface area (Å²) in [6.45, 7) is 1.92. The highest BCUT2D eigenvalue weighted by Gasteiger charge is 2.08. The first-order valence-electron chi connectivity index (χ1n) is 4.78. The number of hydrogen-bond donors (Lipinski definition) is 0. The molecule has 1 aliphatic rings.